The second-order valence-electron chi connectivity index (χ2n) is 6.36. The van der Waals surface area contributed by atoms with E-state index in [1.165, 1.54) is 17.7 Å². The van der Waals surface area contributed by atoms with Gasteiger partial charge in [-0.3, -0.25) is 5.01 Å². The van der Waals surface area contributed by atoms with Crippen LogP contribution in [0.3, 0.4) is 0 Å². The van der Waals surface area contributed by atoms with Crippen LogP contribution in [0.25, 0.3) is 0 Å². The second kappa shape index (κ2) is 4.96. The average Bonchev–Trinajstić information content (AvgIpc) is 3.12. The highest BCUT2D eigenvalue weighted by Crippen LogP contribution is 2.59. The van der Waals surface area contributed by atoms with Gasteiger partial charge in [0.25, 0.3) is 0 Å². The van der Waals surface area contributed by atoms with E-state index < -0.39 is 11.6 Å². The highest BCUT2D eigenvalue weighted by Gasteiger charge is 2.57. The molecule has 6 heteroatoms. The fourth-order valence-corrected chi connectivity index (χ4v) is 5.59. The monoisotopic (exact) mass is 343 g/mol. The summed E-state index contributed by atoms with van der Waals surface area (Å²) in [7, 11) is 0. The number of rotatable bonds is 1. The SMILES string of the molecule is Fc1ccc(F)c(C2=NN3CCC4CNc5ccccc5C43S2)c1. The van der Waals surface area contributed by atoms with E-state index >= 15 is 0 Å². The smallest absolute Gasteiger partial charge is 0.140 e. The molecule has 0 bridgehead atoms. The lowest BCUT2D eigenvalue weighted by Crippen LogP contribution is -2.43. The second-order valence-corrected chi connectivity index (χ2v) is 7.58. The van der Waals surface area contributed by atoms with E-state index in [1.54, 1.807) is 11.8 Å². The van der Waals surface area contributed by atoms with Gasteiger partial charge in [-0.2, -0.15) is 5.10 Å². The van der Waals surface area contributed by atoms with E-state index in [0.29, 0.717) is 11.0 Å². The van der Waals surface area contributed by atoms with Crippen LogP contribution in [0.5, 0.6) is 0 Å². The summed E-state index contributed by atoms with van der Waals surface area (Å²) in [6, 6.07) is 11.8. The highest BCUT2D eigenvalue weighted by atomic mass is 32.2. The highest BCUT2D eigenvalue weighted by molar-refractivity contribution is 8.15. The van der Waals surface area contributed by atoms with Crippen molar-refractivity contribution >= 4 is 22.5 Å². The van der Waals surface area contributed by atoms with Gasteiger partial charge in [0.15, 0.2) is 0 Å². The molecule has 2 atom stereocenters. The van der Waals surface area contributed by atoms with Crippen molar-refractivity contribution in [1.82, 2.24) is 5.01 Å². The molecule has 0 aromatic heterocycles. The minimum atomic E-state index is -0.443. The molecule has 3 nitrogen and oxygen atoms in total. The molecule has 0 saturated carbocycles. The van der Waals surface area contributed by atoms with Crippen molar-refractivity contribution in [3.05, 3.63) is 65.2 Å². The lowest BCUT2D eigenvalue weighted by molar-refractivity contribution is 0.211. The van der Waals surface area contributed by atoms with Crippen LogP contribution in [0.15, 0.2) is 47.6 Å². The van der Waals surface area contributed by atoms with E-state index in [0.717, 1.165) is 31.3 Å². The first kappa shape index (κ1) is 14.3. The number of para-hydroxylation sites is 1. The Morgan fingerprint density at radius 1 is 1.21 bits per heavy atom. The Kier molecular flexibility index (Phi) is 2.95. The molecule has 1 saturated heterocycles. The first-order chi connectivity index (χ1) is 11.7. The minimum Gasteiger partial charge on any atom is -0.384 e. The van der Waals surface area contributed by atoms with Gasteiger partial charge in [-0.05, 0) is 30.7 Å². The topological polar surface area (TPSA) is 27.6 Å². The Balaban J connectivity index is 1.64. The number of fused-ring (bicyclic) bond motifs is 1. The summed E-state index contributed by atoms with van der Waals surface area (Å²) in [6.45, 7) is 1.70. The zero-order valence-electron chi connectivity index (χ0n) is 12.8. The number of halogens is 2. The number of anilines is 1. The van der Waals surface area contributed by atoms with Crippen LogP contribution in [0.4, 0.5) is 14.5 Å². The van der Waals surface area contributed by atoms with E-state index in [-0.39, 0.29) is 10.4 Å². The maximum absolute atomic E-state index is 14.2. The Bertz CT molecular complexity index is 869. The van der Waals surface area contributed by atoms with Crippen LogP contribution < -0.4 is 5.32 Å². The molecule has 1 N–H and O–H groups in total. The molecule has 0 aliphatic carbocycles. The lowest BCUT2D eigenvalue weighted by atomic mass is 9.88. The zero-order chi connectivity index (χ0) is 16.3. The standard InChI is InChI=1S/C18H15F2N3S/c19-12-5-6-15(20)13(9-12)17-22-23-8-7-11-10-21-16-4-2-1-3-14(16)18(11,23)24-17/h1-6,9,11,21H,7-8,10H2. The maximum atomic E-state index is 14.2. The van der Waals surface area contributed by atoms with Gasteiger partial charge in [-0.25, -0.2) is 8.78 Å². The van der Waals surface area contributed by atoms with Crippen LogP contribution in [0.2, 0.25) is 0 Å². The molecule has 0 amide bonds. The molecule has 5 rings (SSSR count). The van der Waals surface area contributed by atoms with Gasteiger partial charge in [0.2, 0.25) is 0 Å². The predicted molar refractivity (Wildman–Crippen MR) is 91.9 cm³/mol. The summed E-state index contributed by atoms with van der Waals surface area (Å²) in [5.41, 5.74) is 2.53. The largest absolute Gasteiger partial charge is 0.384 e. The Labute approximate surface area is 142 Å². The molecule has 2 aromatic carbocycles. The third-order valence-corrected chi connectivity index (χ3v) is 6.67. The van der Waals surface area contributed by atoms with Crippen molar-refractivity contribution in [2.75, 3.05) is 18.4 Å². The van der Waals surface area contributed by atoms with Gasteiger partial charge in [-0.1, -0.05) is 30.0 Å². The Morgan fingerprint density at radius 3 is 3.00 bits per heavy atom. The third kappa shape index (κ3) is 1.80. The molecule has 1 fully saturated rings. The zero-order valence-corrected chi connectivity index (χ0v) is 13.6. The number of hydrogen-bond donors (Lipinski definition) is 1. The quantitative estimate of drug-likeness (QED) is 0.849. The van der Waals surface area contributed by atoms with Crippen molar-refractivity contribution in [3.8, 4) is 0 Å². The van der Waals surface area contributed by atoms with Crippen molar-refractivity contribution < 1.29 is 8.78 Å². The summed E-state index contributed by atoms with van der Waals surface area (Å²) in [5.74, 6) is -0.490. The Hall–Kier alpha value is -2.08. The van der Waals surface area contributed by atoms with E-state index in [4.69, 9.17) is 0 Å². The Morgan fingerprint density at radius 2 is 2.08 bits per heavy atom. The summed E-state index contributed by atoms with van der Waals surface area (Å²) in [6.07, 6.45) is 1.04. The summed E-state index contributed by atoms with van der Waals surface area (Å²) >= 11 is 1.56. The molecule has 1 spiro atoms. The van der Waals surface area contributed by atoms with Gasteiger partial charge in [0.1, 0.15) is 21.5 Å². The van der Waals surface area contributed by atoms with Crippen LogP contribution in [0.1, 0.15) is 17.5 Å². The van der Waals surface area contributed by atoms with Crippen LogP contribution in [0, 0.1) is 17.6 Å². The van der Waals surface area contributed by atoms with Crippen LogP contribution >= 0.6 is 11.8 Å². The summed E-state index contributed by atoms with van der Waals surface area (Å²) in [5, 5.41) is 10.8. The summed E-state index contributed by atoms with van der Waals surface area (Å²) < 4.78 is 27.8. The number of nitrogens with one attached hydrogen (secondary N) is 1. The number of benzene rings is 2. The van der Waals surface area contributed by atoms with Gasteiger partial charge in [-0.15, -0.1) is 0 Å². The molecule has 24 heavy (non-hydrogen) atoms. The van der Waals surface area contributed by atoms with Crippen molar-refractivity contribution in [2.24, 2.45) is 11.0 Å². The van der Waals surface area contributed by atoms with E-state index in [2.05, 4.69) is 27.6 Å². The fraction of sp³-hybridized carbons (Fsp3) is 0.278. The van der Waals surface area contributed by atoms with Crippen LogP contribution in [-0.2, 0) is 4.87 Å². The molecule has 122 valence electrons. The molecule has 0 radical (unpaired) electrons. The third-order valence-electron chi connectivity index (χ3n) is 5.10. The molecular formula is C18H15F2N3S. The number of nitrogens with zero attached hydrogens (tertiary/aromatic N) is 2. The minimum absolute atomic E-state index is 0.249. The first-order valence-electron chi connectivity index (χ1n) is 8.02. The van der Waals surface area contributed by atoms with Gasteiger partial charge >= 0.3 is 0 Å². The molecule has 2 aromatic rings. The van der Waals surface area contributed by atoms with E-state index in [9.17, 15) is 8.78 Å². The normalized spacial score (nSPS) is 27.2. The van der Waals surface area contributed by atoms with E-state index in [1.807, 2.05) is 12.1 Å². The van der Waals surface area contributed by atoms with Crippen molar-refractivity contribution in [2.45, 2.75) is 11.3 Å². The van der Waals surface area contributed by atoms with Gasteiger partial charge in [0.05, 0.1) is 0 Å². The summed E-state index contributed by atoms with van der Waals surface area (Å²) in [4.78, 5) is -0.310. The van der Waals surface area contributed by atoms with Gasteiger partial charge < -0.3 is 5.32 Å². The maximum Gasteiger partial charge on any atom is 0.140 e. The number of hydrazone groups is 1. The first-order valence-corrected chi connectivity index (χ1v) is 8.84. The van der Waals surface area contributed by atoms with Crippen LogP contribution in [-0.4, -0.2) is 23.1 Å². The van der Waals surface area contributed by atoms with Crippen molar-refractivity contribution in [3.63, 3.8) is 0 Å². The molecule has 3 aliphatic rings. The average molecular weight is 343 g/mol. The number of hydrogen-bond acceptors (Lipinski definition) is 4. The van der Waals surface area contributed by atoms with Crippen molar-refractivity contribution in [1.29, 1.82) is 0 Å². The predicted octanol–water partition coefficient (Wildman–Crippen LogP) is 3.97. The molecule has 2 unspecified atom stereocenters. The molecular weight excluding hydrogens is 328 g/mol. The van der Waals surface area contributed by atoms with Gasteiger partial charge in [0, 0.05) is 35.8 Å². The number of thioether (sulfide) groups is 1. The lowest BCUT2D eigenvalue weighted by Gasteiger charge is -2.41. The molecule has 3 aliphatic heterocycles. The fourth-order valence-electron chi connectivity index (χ4n) is 4.00. The molecule has 3 heterocycles.